The number of nitrogens with one attached hydrogen (secondary N) is 1. The first kappa shape index (κ1) is 13.4. The van der Waals surface area contributed by atoms with Crippen molar-refractivity contribution in [1.82, 2.24) is 10.2 Å². The molecule has 0 saturated carbocycles. The molecule has 0 aromatic heterocycles. The third-order valence-electron chi connectivity index (χ3n) is 3.76. The van der Waals surface area contributed by atoms with Crippen molar-refractivity contribution in [3.8, 4) is 0 Å². The molecule has 0 aliphatic carbocycles. The third kappa shape index (κ3) is 1.70. The number of carbonyl (C=O) groups is 4. The summed E-state index contributed by atoms with van der Waals surface area (Å²) in [7, 11) is 0. The highest BCUT2D eigenvalue weighted by molar-refractivity contribution is 6.24. The number of piperidine rings is 1. The monoisotopic (exact) mass is 290 g/mol. The van der Waals surface area contributed by atoms with E-state index >= 15 is 0 Å². The maximum Gasteiger partial charge on any atom is 0.285 e. The van der Waals surface area contributed by atoms with E-state index in [0.717, 1.165) is 0 Å². The molecule has 0 bridgehead atoms. The van der Waals surface area contributed by atoms with Crippen molar-refractivity contribution in [1.29, 1.82) is 0 Å². The SMILES string of the molecule is Cc1cccc2c1C(=O)N(C1(F)CCC(=O)NC1=O)C2=O. The lowest BCUT2D eigenvalue weighted by atomic mass is 10.0. The molecule has 7 heteroatoms. The van der Waals surface area contributed by atoms with Gasteiger partial charge in [0.1, 0.15) is 0 Å². The first-order valence-corrected chi connectivity index (χ1v) is 6.38. The molecule has 1 N–H and O–H groups in total. The Kier molecular flexibility index (Phi) is 2.69. The largest absolute Gasteiger partial charge is 0.292 e. The maximum atomic E-state index is 15.0. The molecule has 3 rings (SSSR count). The normalized spacial score (nSPS) is 25.1. The van der Waals surface area contributed by atoms with Gasteiger partial charge < -0.3 is 0 Å². The maximum absolute atomic E-state index is 15.0. The summed E-state index contributed by atoms with van der Waals surface area (Å²) in [4.78, 5) is 47.9. The van der Waals surface area contributed by atoms with Crippen LogP contribution in [0.1, 0.15) is 39.1 Å². The van der Waals surface area contributed by atoms with Crippen LogP contribution in [0.2, 0.25) is 0 Å². The summed E-state index contributed by atoms with van der Waals surface area (Å²) in [5, 5.41) is 1.83. The molecule has 1 fully saturated rings. The molecule has 1 aromatic carbocycles. The molecule has 1 aromatic rings. The molecule has 2 heterocycles. The molecule has 1 unspecified atom stereocenters. The summed E-state index contributed by atoms with van der Waals surface area (Å²) >= 11 is 0. The standard InChI is InChI=1S/C14H11FN2O4/c1-7-3-2-4-8-10(7)12(20)17(11(8)19)14(15)6-5-9(18)16-13(14)21/h2-4H,5-6H2,1H3,(H,16,18,21). The number of hydrogen-bond donors (Lipinski definition) is 1. The molecular formula is C14H11FN2O4. The van der Waals surface area contributed by atoms with E-state index in [1.165, 1.54) is 6.07 Å². The number of alkyl halides is 1. The van der Waals surface area contributed by atoms with Crippen LogP contribution in [-0.2, 0) is 9.59 Å². The highest BCUT2D eigenvalue weighted by atomic mass is 19.1. The van der Waals surface area contributed by atoms with E-state index in [2.05, 4.69) is 0 Å². The minimum atomic E-state index is -2.83. The molecule has 2 aliphatic heterocycles. The zero-order chi connectivity index (χ0) is 15.4. The van der Waals surface area contributed by atoms with E-state index in [9.17, 15) is 23.6 Å². The van der Waals surface area contributed by atoms with Gasteiger partial charge in [0.25, 0.3) is 23.5 Å². The summed E-state index contributed by atoms with van der Waals surface area (Å²) in [6.07, 6.45) is -0.795. The van der Waals surface area contributed by atoms with Crippen LogP contribution >= 0.6 is 0 Å². The average Bonchev–Trinajstić information content (AvgIpc) is 2.68. The summed E-state index contributed by atoms with van der Waals surface area (Å²) in [5.74, 6) is -6.43. The Morgan fingerprint density at radius 1 is 1.19 bits per heavy atom. The van der Waals surface area contributed by atoms with Crippen LogP contribution in [0, 0.1) is 6.92 Å². The van der Waals surface area contributed by atoms with Gasteiger partial charge in [0.2, 0.25) is 5.91 Å². The van der Waals surface area contributed by atoms with Gasteiger partial charge in [-0.3, -0.25) is 24.5 Å². The van der Waals surface area contributed by atoms with Crippen molar-refractivity contribution in [2.75, 3.05) is 0 Å². The van der Waals surface area contributed by atoms with E-state index in [4.69, 9.17) is 0 Å². The van der Waals surface area contributed by atoms with Crippen LogP contribution in [-0.4, -0.2) is 34.3 Å². The molecule has 0 radical (unpaired) electrons. The van der Waals surface area contributed by atoms with Crippen molar-refractivity contribution >= 4 is 23.6 Å². The predicted octanol–water partition coefficient (Wildman–Crippen LogP) is 0.693. The number of nitrogens with zero attached hydrogens (tertiary/aromatic N) is 1. The lowest BCUT2D eigenvalue weighted by molar-refractivity contribution is -0.151. The Labute approximate surface area is 118 Å². The average molecular weight is 290 g/mol. The summed E-state index contributed by atoms with van der Waals surface area (Å²) < 4.78 is 15.0. The van der Waals surface area contributed by atoms with E-state index < -0.39 is 35.8 Å². The van der Waals surface area contributed by atoms with Gasteiger partial charge in [-0.05, 0) is 18.6 Å². The Bertz CT molecular complexity index is 715. The molecule has 1 atom stereocenters. The van der Waals surface area contributed by atoms with Crippen LogP contribution in [0.4, 0.5) is 4.39 Å². The number of imide groups is 2. The van der Waals surface area contributed by atoms with Crippen molar-refractivity contribution in [2.24, 2.45) is 0 Å². The van der Waals surface area contributed by atoms with Gasteiger partial charge in [0, 0.05) is 12.8 Å². The number of carbonyl (C=O) groups excluding carboxylic acids is 4. The van der Waals surface area contributed by atoms with Crippen LogP contribution in [0.15, 0.2) is 18.2 Å². The van der Waals surface area contributed by atoms with E-state index in [1.54, 1.807) is 19.1 Å². The minimum Gasteiger partial charge on any atom is -0.292 e. The summed E-state index contributed by atoms with van der Waals surface area (Å²) in [6.45, 7) is 1.63. The number of hydrogen-bond acceptors (Lipinski definition) is 4. The quantitative estimate of drug-likeness (QED) is 0.609. The Balaban J connectivity index is 2.08. The molecule has 21 heavy (non-hydrogen) atoms. The van der Waals surface area contributed by atoms with Crippen molar-refractivity contribution in [3.63, 3.8) is 0 Å². The van der Waals surface area contributed by atoms with Crippen molar-refractivity contribution in [3.05, 3.63) is 34.9 Å². The number of benzene rings is 1. The van der Waals surface area contributed by atoms with Gasteiger partial charge in [0.05, 0.1) is 11.1 Å². The van der Waals surface area contributed by atoms with Gasteiger partial charge in [-0.1, -0.05) is 12.1 Å². The van der Waals surface area contributed by atoms with E-state index in [0.29, 0.717) is 10.5 Å². The van der Waals surface area contributed by atoms with Gasteiger partial charge in [-0.25, -0.2) is 9.29 Å². The van der Waals surface area contributed by atoms with E-state index in [-0.39, 0.29) is 17.5 Å². The van der Waals surface area contributed by atoms with Crippen molar-refractivity contribution < 1.29 is 23.6 Å². The molecule has 4 amide bonds. The number of aryl methyl sites for hydroxylation is 1. The Morgan fingerprint density at radius 3 is 2.52 bits per heavy atom. The highest BCUT2D eigenvalue weighted by Gasteiger charge is 2.56. The fourth-order valence-corrected chi connectivity index (χ4v) is 2.67. The lowest BCUT2D eigenvalue weighted by Gasteiger charge is -2.34. The zero-order valence-corrected chi connectivity index (χ0v) is 11.1. The van der Waals surface area contributed by atoms with Gasteiger partial charge in [-0.15, -0.1) is 0 Å². The number of rotatable bonds is 1. The highest BCUT2D eigenvalue weighted by Crippen LogP contribution is 2.36. The number of halogens is 1. The number of amides is 4. The summed E-state index contributed by atoms with van der Waals surface area (Å²) in [5.41, 5.74) is 0.704. The number of fused-ring (bicyclic) bond motifs is 1. The van der Waals surface area contributed by atoms with Gasteiger partial charge in [-0.2, -0.15) is 0 Å². The fraction of sp³-hybridized carbons (Fsp3) is 0.286. The fourth-order valence-electron chi connectivity index (χ4n) is 2.67. The Hall–Kier alpha value is -2.57. The lowest BCUT2D eigenvalue weighted by Crippen LogP contribution is -2.61. The zero-order valence-electron chi connectivity index (χ0n) is 11.1. The predicted molar refractivity (Wildman–Crippen MR) is 67.9 cm³/mol. The molecule has 1 saturated heterocycles. The molecular weight excluding hydrogens is 279 g/mol. The summed E-state index contributed by atoms with van der Waals surface area (Å²) in [6, 6.07) is 4.62. The minimum absolute atomic E-state index is 0.0710. The second-order valence-electron chi connectivity index (χ2n) is 5.08. The van der Waals surface area contributed by atoms with Gasteiger partial charge >= 0.3 is 0 Å². The molecule has 108 valence electrons. The molecule has 2 aliphatic rings. The molecule has 0 spiro atoms. The van der Waals surface area contributed by atoms with Gasteiger partial charge in [0.15, 0.2) is 0 Å². The van der Waals surface area contributed by atoms with Crippen LogP contribution in [0.25, 0.3) is 0 Å². The van der Waals surface area contributed by atoms with Crippen LogP contribution in [0.3, 0.4) is 0 Å². The third-order valence-corrected chi connectivity index (χ3v) is 3.76. The second-order valence-corrected chi connectivity index (χ2v) is 5.08. The van der Waals surface area contributed by atoms with E-state index in [1.807, 2.05) is 5.32 Å². The first-order chi connectivity index (χ1) is 9.86. The Morgan fingerprint density at radius 2 is 1.90 bits per heavy atom. The first-order valence-electron chi connectivity index (χ1n) is 6.38. The molecule has 6 nitrogen and oxygen atoms in total. The van der Waals surface area contributed by atoms with Crippen molar-refractivity contribution in [2.45, 2.75) is 25.6 Å². The van der Waals surface area contributed by atoms with Crippen LogP contribution in [0.5, 0.6) is 0 Å². The second kappa shape index (κ2) is 4.21. The topological polar surface area (TPSA) is 83.6 Å². The van der Waals surface area contributed by atoms with Crippen LogP contribution < -0.4 is 5.32 Å². The smallest absolute Gasteiger partial charge is 0.285 e.